The van der Waals surface area contributed by atoms with Crippen LogP contribution in [0.1, 0.15) is 80.5 Å². The van der Waals surface area contributed by atoms with E-state index in [0.717, 1.165) is 37.8 Å². The van der Waals surface area contributed by atoms with E-state index >= 15 is 0 Å². The van der Waals surface area contributed by atoms with Crippen molar-refractivity contribution in [2.24, 2.45) is 10.9 Å². The van der Waals surface area contributed by atoms with Gasteiger partial charge in [0.1, 0.15) is 6.23 Å². The van der Waals surface area contributed by atoms with Gasteiger partial charge >= 0.3 is 0 Å². The number of rotatable bonds is 10. The topological polar surface area (TPSA) is 113 Å². The molecule has 6 rings (SSSR count). The van der Waals surface area contributed by atoms with Crippen molar-refractivity contribution in [3.05, 3.63) is 47.5 Å². The molecule has 0 saturated carbocycles. The zero-order valence-corrected chi connectivity index (χ0v) is 29.0. The molecule has 48 heavy (non-hydrogen) atoms. The third-order valence-corrected chi connectivity index (χ3v) is 9.67. The summed E-state index contributed by atoms with van der Waals surface area (Å²) in [6, 6.07) is 6.73. The lowest BCUT2D eigenvalue weighted by atomic mass is 9.99. The average molecular weight is 661 g/mol. The van der Waals surface area contributed by atoms with E-state index in [1.807, 2.05) is 42.9 Å². The Hall–Kier alpha value is -4.25. The van der Waals surface area contributed by atoms with Gasteiger partial charge in [0.25, 0.3) is 11.8 Å². The van der Waals surface area contributed by atoms with Crippen molar-refractivity contribution in [1.82, 2.24) is 9.80 Å². The highest BCUT2D eigenvalue weighted by molar-refractivity contribution is 6.04. The minimum absolute atomic E-state index is 0.0201. The van der Waals surface area contributed by atoms with E-state index < -0.39 is 11.8 Å². The Balaban J connectivity index is 1.08. The summed E-state index contributed by atoms with van der Waals surface area (Å²) in [5, 5.41) is 11.6. The van der Waals surface area contributed by atoms with Gasteiger partial charge in [0.05, 0.1) is 62.0 Å². The highest BCUT2D eigenvalue weighted by Crippen LogP contribution is 2.44. The third-order valence-electron chi connectivity index (χ3n) is 9.67. The number of nitrogens with zero attached hydrogens (tertiary/aromatic N) is 4. The van der Waals surface area contributed by atoms with Crippen LogP contribution >= 0.6 is 0 Å². The van der Waals surface area contributed by atoms with Gasteiger partial charge in [-0.05, 0) is 70.9 Å². The number of ether oxygens (including phenoxy) is 4. The molecule has 0 aliphatic carbocycles. The molecule has 4 aliphatic heterocycles. The molecular formula is C37H48N4O7. The van der Waals surface area contributed by atoms with Crippen LogP contribution in [0, 0.1) is 5.92 Å². The fraction of sp³-hybridized carbons (Fsp3) is 0.541. The van der Waals surface area contributed by atoms with Gasteiger partial charge in [0.15, 0.2) is 23.0 Å². The molecule has 0 radical (unpaired) electrons. The Bertz CT molecular complexity index is 1620. The summed E-state index contributed by atoms with van der Waals surface area (Å²) in [5.41, 5.74) is 2.69. The number of unbranched alkanes of at least 4 members (excludes halogenated alkanes) is 2. The van der Waals surface area contributed by atoms with Gasteiger partial charge in [-0.25, -0.2) is 0 Å². The molecule has 0 aromatic heterocycles. The molecule has 0 spiro atoms. The van der Waals surface area contributed by atoms with Crippen LogP contribution in [0.4, 0.5) is 11.4 Å². The quantitative estimate of drug-likeness (QED) is 0.259. The molecule has 4 aliphatic rings. The maximum Gasteiger partial charge on any atom is 0.256 e. The number of carbonyl (C=O) groups is 2. The van der Waals surface area contributed by atoms with Crippen LogP contribution in [-0.4, -0.2) is 97.3 Å². The number of carbonyl (C=O) groups excluding carboxylic acids is 2. The highest BCUT2D eigenvalue weighted by atomic mass is 16.5. The number of methoxy groups -OCH3 is 2. The lowest BCUT2D eigenvalue weighted by Gasteiger charge is -2.43. The van der Waals surface area contributed by atoms with E-state index in [9.17, 15) is 14.7 Å². The summed E-state index contributed by atoms with van der Waals surface area (Å²) in [6.45, 7) is 14.4. The highest BCUT2D eigenvalue weighted by Gasteiger charge is 2.46. The maximum absolute atomic E-state index is 13.7. The van der Waals surface area contributed by atoms with Crippen molar-refractivity contribution in [3.63, 3.8) is 0 Å². The standard InChI is InChI=1S/C37H48N4O7/c1-22-13-24-19-38-27-17-32(30(45-6)15-25(27)34(42)39(24)20-22)47-11-9-8-10-12-48-33-18-28-26(16-31(33)46-7)35(43)40-21-23(2)14-29(40)36(44)41(28)37(3,4)5/h15-19,22,24,29,36,44H,2,8-14,20-21H2,1,3-7H3/t22?,24?,29-,36-/m0/s1. The monoisotopic (exact) mass is 660 g/mol. The van der Waals surface area contributed by atoms with E-state index in [0.29, 0.717) is 77.6 Å². The first kappa shape index (κ1) is 33.6. The van der Waals surface area contributed by atoms with Gasteiger partial charge in [-0.15, -0.1) is 0 Å². The van der Waals surface area contributed by atoms with Crippen LogP contribution in [0.25, 0.3) is 0 Å². The average Bonchev–Trinajstić information content (AvgIpc) is 3.58. The van der Waals surface area contributed by atoms with Crippen LogP contribution in [0.5, 0.6) is 23.0 Å². The Morgan fingerprint density at radius 1 is 0.896 bits per heavy atom. The summed E-state index contributed by atoms with van der Waals surface area (Å²) in [7, 11) is 3.14. The molecule has 2 amide bonds. The molecule has 1 N–H and O–H groups in total. The van der Waals surface area contributed by atoms with Crippen LogP contribution in [0.2, 0.25) is 0 Å². The minimum atomic E-state index is -0.901. The van der Waals surface area contributed by atoms with Crippen LogP contribution in [-0.2, 0) is 0 Å². The summed E-state index contributed by atoms with van der Waals surface area (Å²) in [5.74, 6) is 2.35. The fourth-order valence-electron chi connectivity index (χ4n) is 7.36. The smallest absolute Gasteiger partial charge is 0.256 e. The molecule has 2 saturated heterocycles. The van der Waals surface area contributed by atoms with Gasteiger partial charge in [0.2, 0.25) is 0 Å². The second-order valence-corrected chi connectivity index (χ2v) is 14.4. The van der Waals surface area contributed by atoms with E-state index in [4.69, 9.17) is 18.9 Å². The molecular weight excluding hydrogens is 612 g/mol. The summed E-state index contributed by atoms with van der Waals surface area (Å²) < 4.78 is 23.6. The molecule has 2 aromatic carbocycles. The summed E-state index contributed by atoms with van der Waals surface area (Å²) >= 11 is 0. The number of amides is 2. The van der Waals surface area contributed by atoms with E-state index in [-0.39, 0.29) is 23.9 Å². The number of fused-ring (bicyclic) bond motifs is 4. The minimum Gasteiger partial charge on any atom is -0.493 e. The van der Waals surface area contributed by atoms with Crippen molar-refractivity contribution in [3.8, 4) is 23.0 Å². The second-order valence-electron chi connectivity index (χ2n) is 14.4. The van der Waals surface area contributed by atoms with E-state index in [1.54, 1.807) is 37.3 Å². The van der Waals surface area contributed by atoms with Crippen molar-refractivity contribution in [1.29, 1.82) is 0 Å². The van der Waals surface area contributed by atoms with Crippen LogP contribution in [0.3, 0.4) is 0 Å². The van der Waals surface area contributed by atoms with Gasteiger partial charge in [-0.1, -0.05) is 19.1 Å². The molecule has 0 bridgehead atoms. The zero-order chi connectivity index (χ0) is 34.3. The molecule has 2 unspecified atom stereocenters. The number of hydrogen-bond donors (Lipinski definition) is 1. The summed E-state index contributed by atoms with van der Waals surface area (Å²) in [4.78, 5) is 37.2. The Morgan fingerprint density at radius 2 is 1.52 bits per heavy atom. The SMILES string of the molecule is C=C1C[C@H]2[C@H](O)N(C(C)(C)C)c3cc(OCCCCCOc4cc5c(cc4OC)C(=O)N4CC(C)CC4C=N5)c(OC)cc3C(=O)N2C1. The number of benzene rings is 2. The predicted molar refractivity (Wildman–Crippen MR) is 184 cm³/mol. The molecule has 2 fully saturated rings. The maximum atomic E-state index is 13.7. The number of aliphatic hydroxyl groups is 1. The van der Waals surface area contributed by atoms with E-state index in [1.165, 1.54) is 0 Å². The first-order valence-electron chi connectivity index (χ1n) is 16.9. The first-order chi connectivity index (χ1) is 22.9. The number of anilines is 1. The Morgan fingerprint density at radius 3 is 2.17 bits per heavy atom. The first-order valence-corrected chi connectivity index (χ1v) is 16.9. The molecule has 2 aromatic rings. The van der Waals surface area contributed by atoms with Crippen molar-refractivity contribution >= 4 is 29.4 Å². The molecule has 4 atom stereocenters. The molecule has 11 nitrogen and oxygen atoms in total. The molecule has 258 valence electrons. The van der Waals surface area contributed by atoms with Crippen LogP contribution in [0.15, 0.2) is 41.4 Å². The van der Waals surface area contributed by atoms with E-state index in [2.05, 4.69) is 18.5 Å². The largest absolute Gasteiger partial charge is 0.493 e. The van der Waals surface area contributed by atoms with Gasteiger partial charge in [-0.3, -0.25) is 14.6 Å². The molecule has 4 heterocycles. The third kappa shape index (κ3) is 6.32. The number of aliphatic imine (C=N–C) groups is 1. The van der Waals surface area contributed by atoms with Gasteiger partial charge < -0.3 is 38.8 Å². The van der Waals surface area contributed by atoms with Crippen LogP contribution < -0.4 is 23.8 Å². The van der Waals surface area contributed by atoms with Crippen molar-refractivity contribution in [2.75, 3.05) is 45.4 Å². The lowest BCUT2D eigenvalue weighted by Crippen LogP contribution is -2.55. The van der Waals surface area contributed by atoms with Gasteiger partial charge in [0, 0.05) is 37.0 Å². The Kier molecular flexibility index (Phi) is 9.35. The predicted octanol–water partition coefficient (Wildman–Crippen LogP) is 5.61. The second kappa shape index (κ2) is 13.3. The number of aliphatic hydroxyl groups excluding tert-OH is 1. The zero-order valence-electron chi connectivity index (χ0n) is 29.0. The Labute approximate surface area is 283 Å². The van der Waals surface area contributed by atoms with Gasteiger partial charge in [-0.2, -0.15) is 0 Å². The molecule has 11 heteroatoms. The summed E-state index contributed by atoms with van der Waals surface area (Å²) in [6.07, 6.45) is 4.84. The fourth-order valence-corrected chi connectivity index (χ4v) is 7.36. The number of hydrogen-bond acceptors (Lipinski definition) is 9. The normalized spacial score (nSPS) is 23.3. The van der Waals surface area contributed by atoms with Crippen molar-refractivity contribution in [2.45, 2.75) is 83.6 Å². The lowest BCUT2D eigenvalue weighted by molar-refractivity contribution is 0.0460. The van der Waals surface area contributed by atoms with Crippen molar-refractivity contribution < 1.29 is 33.6 Å².